The van der Waals surface area contributed by atoms with Gasteiger partial charge >= 0.3 is 0 Å². The van der Waals surface area contributed by atoms with E-state index < -0.39 is 86.8 Å². The van der Waals surface area contributed by atoms with Gasteiger partial charge in [-0.15, -0.1) is 0 Å². The highest BCUT2D eigenvalue weighted by atomic mass is 16.7. The van der Waals surface area contributed by atoms with Crippen LogP contribution in [0.5, 0.6) is 0 Å². The van der Waals surface area contributed by atoms with Crippen LogP contribution < -0.4 is 5.32 Å². The number of carbonyl (C=O) groups is 1. The van der Waals surface area contributed by atoms with Gasteiger partial charge in [0.1, 0.15) is 48.8 Å². The van der Waals surface area contributed by atoms with E-state index in [0.29, 0.717) is 6.42 Å². The van der Waals surface area contributed by atoms with Gasteiger partial charge in [-0.2, -0.15) is 0 Å². The SMILES string of the molecule is CC/C=C\C/C=C\C/C=C\C/C=C\C/C=C\CCCCCCCCCCCCCCCCCCCCCCCC(=O)NC(COC1OC(CO)C(OC2OC(CO)C(O)C(O)C2O)C(O)C1O)C(O)/C=C/CCCC. The summed E-state index contributed by atoms with van der Waals surface area (Å²) in [7, 11) is 0. The van der Waals surface area contributed by atoms with Crippen molar-refractivity contribution >= 4 is 5.91 Å². The molecule has 75 heavy (non-hydrogen) atoms. The van der Waals surface area contributed by atoms with Crippen molar-refractivity contribution in [2.24, 2.45) is 0 Å². The van der Waals surface area contributed by atoms with Crippen LogP contribution >= 0.6 is 0 Å². The maximum absolute atomic E-state index is 13.1. The lowest BCUT2D eigenvalue weighted by molar-refractivity contribution is -0.359. The Balaban J connectivity index is 1.48. The third-order valence-electron chi connectivity index (χ3n) is 14.1. The standard InChI is InChI=1S/C61H107NO13/c1-3-5-7-9-10-11-12-13-14-15-16-17-18-19-20-21-22-23-24-25-26-27-28-29-30-31-32-33-34-35-36-37-38-39-40-41-43-45-53(66)62-49(50(65)44-42-8-6-4-2)48-72-60-58(71)56(69)59(52(47-64)74-60)75-61-57(70)55(68)54(67)51(46-63)73-61/h5,7,10-11,13-14,16-17,19-20,42,44,49-52,54-61,63-65,67-71H,3-4,6,8-9,12,15,18,21-41,43,45-48H2,1-2H3,(H,62,66)/b7-5-,11-10-,14-13-,17-16-,20-19-,44-42+. The molecule has 2 aliphatic heterocycles. The highest BCUT2D eigenvalue weighted by Gasteiger charge is 2.51. The molecule has 12 atom stereocenters. The van der Waals surface area contributed by atoms with Gasteiger partial charge in [-0.05, 0) is 57.8 Å². The summed E-state index contributed by atoms with van der Waals surface area (Å²) in [4.78, 5) is 13.1. The number of aliphatic hydroxyl groups excluding tert-OH is 8. The second-order valence-electron chi connectivity index (χ2n) is 20.7. The summed E-state index contributed by atoms with van der Waals surface area (Å²) in [5.41, 5.74) is 0. The normalized spacial score (nSPS) is 25.6. The summed E-state index contributed by atoms with van der Waals surface area (Å²) >= 11 is 0. The van der Waals surface area contributed by atoms with Crippen LogP contribution in [0.1, 0.15) is 213 Å². The highest BCUT2D eigenvalue weighted by Crippen LogP contribution is 2.30. The first-order valence-electron chi connectivity index (χ1n) is 29.7. The molecule has 1 amide bonds. The average Bonchev–Trinajstić information content (AvgIpc) is 3.41. The van der Waals surface area contributed by atoms with E-state index in [4.69, 9.17) is 18.9 Å². The number of nitrogens with one attached hydrogen (secondary N) is 1. The van der Waals surface area contributed by atoms with E-state index in [0.717, 1.165) is 70.6 Å². The van der Waals surface area contributed by atoms with Crippen molar-refractivity contribution in [3.8, 4) is 0 Å². The number of allylic oxidation sites excluding steroid dienone is 11. The molecule has 0 aromatic heterocycles. The Labute approximate surface area is 453 Å². The summed E-state index contributed by atoms with van der Waals surface area (Å²) in [5.74, 6) is -0.249. The first-order chi connectivity index (χ1) is 36.6. The lowest BCUT2D eigenvalue weighted by Gasteiger charge is -2.46. The zero-order valence-corrected chi connectivity index (χ0v) is 46.5. The molecule has 14 heteroatoms. The first kappa shape index (κ1) is 68.5. The molecular formula is C61H107NO13. The maximum atomic E-state index is 13.1. The summed E-state index contributed by atoms with van der Waals surface area (Å²) in [6, 6.07) is -0.910. The quantitative estimate of drug-likeness (QED) is 0.0205. The molecule has 2 saturated heterocycles. The van der Waals surface area contributed by atoms with Crippen LogP contribution in [0.3, 0.4) is 0 Å². The zero-order chi connectivity index (χ0) is 54.6. The monoisotopic (exact) mass is 1060 g/mol. The molecule has 0 aliphatic carbocycles. The summed E-state index contributed by atoms with van der Waals surface area (Å²) in [6.45, 7) is 2.51. The van der Waals surface area contributed by atoms with Gasteiger partial charge in [-0.3, -0.25) is 4.79 Å². The third kappa shape index (κ3) is 32.2. The molecule has 2 aliphatic rings. The summed E-state index contributed by atoms with van der Waals surface area (Å²) in [5, 5.41) is 86.2. The van der Waals surface area contributed by atoms with Crippen LogP contribution in [-0.2, 0) is 23.7 Å². The Morgan fingerprint density at radius 3 is 1.40 bits per heavy atom. The zero-order valence-electron chi connectivity index (χ0n) is 46.5. The molecule has 0 radical (unpaired) electrons. The Hall–Kier alpha value is -2.57. The Morgan fingerprint density at radius 1 is 0.493 bits per heavy atom. The number of unbranched alkanes of at least 4 members (excludes halogenated alkanes) is 23. The van der Waals surface area contributed by atoms with Crippen molar-refractivity contribution < 1.29 is 64.6 Å². The van der Waals surface area contributed by atoms with Crippen molar-refractivity contribution in [3.63, 3.8) is 0 Å². The number of hydrogen-bond acceptors (Lipinski definition) is 13. The van der Waals surface area contributed by atoms with E-state index in [2.05, 4.69) is 79.9 Å². The lowest BCUT2D eigenvalue weighted by Crippen LogP contribution is -2.65. The van der Waals surface area contributed by atoms with Gasteiger partial charge in [-0.25, -0.2) is 0 Å². The van der Waals surface area contributed by atoms with Gasteiger partial charge in [0.05, 0.1) is 32.0 Å². The van der Waals surface area contributed by atoms with Gasteiger partial charge in [0.15, 0.2) is 12.6 Å². The molecular weight excluding hydrogens is 955 g/mol. The molecule has 0 bridgehead atoms. The lowest BCUT2D eigenvalue weighted by atomic mass is 9.97. The van der Waals surface area contributed by atoms with Gasteiger partial charge in [-0.1, -0.05) is 222 Å². The number of hydrogen-bond donors (Lipinski definition) is 9. The molecule has 0 aromatic carbocycles. The second kappa shape index (κ2) is 46.4. The molecule has 0 aromatic rings. The van der Waals surface area contributed by atoms with Crippen molar-refractivity contribution in [1.29, 1.82) is 0 Å². The second-order valence-corrected chi connectivity index (χ2v) is 20.7. The number of carbonyl (C=O) groups excluding carboxylic acids is 1. The van der Waals surface area contributed by atoms with E-state index in [9.17, 15) is 45.6 Å². The molecule has 434 valence electrons. The summed E-state index contributed by atoms with van der Waals surface area (Å²) in [6.07, 6.45) is 45.0. The van der Waals surface area contributed by atoms with E-state index in [-0.39, 0.29) is 18.9 Å². The first-order valence-corrected chi connectivity index (χ1v) is 29.7. The molecule has 2 rings (SSSR count). The molecule has 14 nitrogen and oxygen atoms in total. The van der Waals surface area contributed by atoms with E-state index in [1.54, 1.807) is 6.08 Å². The van der Waals surface area contributed by atoms with Crippen molar-refractivity contribution in [2.45, 2.75) is 286 Å². The number of ether oxygens (including phenoxy) is 4. The molecule has 2 fully saturated rings. The molecule has 12 unspecified atom stereocenters. The van der Waals surface area contributed by atoms with Crippen LogP contribution in [0.15, 0.2) is 72.9 Å². The minimum absolute atomic E-state index is 0.249. The van der Waals surface area contributed by atoms with Gasteiger partial charge in [0.25, 0.3) is 0 Å². The maximum Gasteiger partial charge on any atom is 0.220 e. The average molecular weight is 1060 g/mol. The minimum Gasteiger partial charge on any atom is -0.394 e. The fourth-order valence-electron chi connectivity index (χ4n) is 9.36. The van der Waals surface area contributed by atoms with Gasteiger partial charge in [0.2, 0.25) is 5.91 Å². The Bertz CT molecular complexity index is 1530. The smallest absolute Gasteiger partial charge is 0.220 e. The summed E-state index contributed by atoms with van der Waals surface area (Å²) < 4.78 is 22.5. The number of amides is 1. The molecule has 0 spiro atoms. The molecule has 9 N–H and O–H groups in total. The van der Waals surface area contributed by atoms with Gasteiger partial charge in [0, 0.05) is 6.42 Å². The van der Waals surface area contributed by atoms with Crippen molar-refractivity contribution in [2.75, 3.05) is 19.8 Å². The van der Waals surface area contributed by atoms with Crippen molar-refractivity contribution in [1.82, 2.24) is 5.32 Å². The van der Waals surface area contributed by atoms with E-state index in [1.807, 2.05) is 6.08 Å². The number of aliphatic hydroxyl groups is 8. The topological polar surface area (TPSA) is 228 Å². The van der Waals surface area contributed by atoms with Crippen LogP contribution in [0, 0.1) is 0 Å². The minimum atomic E-state index is -1.79. The fourth-order valence-corrected chi connectivity index (χ4v) is 9.36. The predicted molar refractivity (Wildman–Crippen MR) is 300 cm³/mol. The van der Waals surface area contributed by atoms with Crippen LogP contribution in [-0.4, -0.2) is 140 Å². The van der Waals surface area contributed by atoms with Crippen LogP contribution in [0.4, 0.5) is 0 Å². The number of rotatable bonds is 46. The molecule has 2 heterocycles. The fraction of sp³-hybridized carbons (Fsp3) is 0.787. The highest BCUT2D eigenvalue weighted by molar-refractivity contribution is 5.76. The Morgan fingerprint density at radius 2 is 0.920 bits per heavy atom. The van der Waals surface area contributed by atoms with Crippen molar-refractivity contribution in [3.05, 3.63) is 72.9 Å². The van der Waals surface area contributed by atoms with Gasteiger partial charge < -0.3 is 65.1 Å². The Kier molecular flexibility index (Phi) is 42.4. The third-order valence-corrected chi connectivity index (χ3v) is 14.1. The van der Waals surface area contributed by atoms with E-state index >= 15 is 0 Å². The predicted octanol–water partition coefficient (Wildman–Crippen LogP) is 9.94. The van der Waals surface area contributed by atoms with Crippen LogP contribution in [0.25, 0.3) is 0 Å². The van der Waals surface area contributed by atoms with E-state index in [1.165, 1.54) is 116 Å². The molecule has 0 saturated carbocycles. The van der Waals surface area contributed by atoms with Crippen LogP contribution in [0.2, 0.25) is 0 Å². The largest absolute Gasteiger partial charge is 0.394 e.